The van der Waals surface area contributed by atoms with Gasteiger partial charge in [0.05, 0.1) is 23.0 Å². The van der Waals surface area contributed by atoms with Gasteiger partial charge in [-0.3, -0.25) is 9.59 Å². The molecule has 9 nitrogen and oxygen atoms in total. The predicted octanol–water partition coefficient (Wildman–Crippen LogP) is 8.28. The van der Waals surface area contributed by atoms with Crippen LogP contribution in [0.1, 0.15) is 119 Å². The molecule has 3 aromatic rings. The molecule has 2 fully saturated rings. The number of carbonyl (C=O) groups is 3. The van der Waals surface area contributed by atoms with Crippen LogP contribution in [0.4, 0.5) is 5.69 Å². The number of hydrogen-bond acceptors (Lipinski definition) is 7. The molecule has 0 radical (unpaired) electrons. The molecule has 282 valence electrons. The number of thiophene rings is 1. The topological polar surface area (TPSA) is 125 Å². The largest absolute Gasteiger partial charge is 0.480 e. The SMILES string of the molecule is CCC[C@H]1CC[C@H](C2CCN(c3cnc(-c4ccc(C[C@H](NC(=O)c5ccc(C(C)(C)C)s5)C(=O)N[C@H](CC(C)C)C(=O)O)cc4)nc3)CC2)CC1. The molecule has 0 unspecified atom stereocenters. The van der Waals surface area contributed by atoms with E-state index in [1.54, 1.807) is 6.07 Å². The van der Waals surface area contributed by atoms with Crippen LogP contribution in [0, 0.1) is 23.7 Å². The van der Waals surface area contributed by atoms with Crippen molar-refractivity contribution in [3.8, 4) is 11.4 Å². The van der Waals surface area contributed by atoms with E-state index in [-0.39, 0.29) is 30.1 Å². The fourth-order valence-corrected chi connectivity index (χ4v) is 8.88. The van der Waals surface area contributed by atoms with Crippen LogP contribution in [0.25, 0.3) is 11.4 Å². The lowest BCUT2D eigenvalue weighted by atomic mass is 9.72. The number of aromatic nitrogens is 2. The molecule has 5 rings (SSSR count). The van der Waals surface area contributed by atoms with Crippen molar-refractivity contribution in [2.24, 2.45) is 23.7 Å². The summed E-state index contributed by atoms with van der Waals surface area (Å²) in [7, 11) is 0. The molecule has 1 aliphatic heterocycles. The quantitative estimate of drug-likeness (QED) is 0.153. The number of amides is 2. The zero-order chi connectivity index (χ0) is 37.4. The second-order valence-corrected chi connectivity index (χ2v) is 17.6. The monoisotopic (exact) mass is 729 g/mol. The molecule has 52 heavy (non-hydrogen) atoms. The highest BCUT2D eigenvalue weighted by Gasteiger charge is 2.31. The van der Waals surface area contributed by atoms with Crippen LogP contribution in [0.3, 0.4) is 0 Å². The van der Waals surface area contributed by atoms with Gasteiger partial charge in [0.25, 0.3) is 5.91 Å². The summed E-state index contributed by atoms with van der Waals surface area (Å²) in [5.41, 5.74) is 2.63. The van der Waals surface area contributed by atoms with Crippen LogP contribution < -0.4 is 15.5 Å². The summed E-state index contributed by atoms with van der Waals surface area (Å²) in [6.07, 6.45) is 15.2. The first-order valence-corrected chi connectivity index (χ1v) is 20.2. The number of anilines is 1. The van der Waals surface area contributed by atoms with Gasteiger partial charge in [-0.25, -0.2) is 14.8 Å². The Balaban J connectivity index is 1.21. The minimum absolute atomic E-state index is 0.0670. The molecule has 0 bridgehead atoms. The van der Waals surface area contributed by atoms with Crippen molar-refractivity contribution in [1.82, 2.24) is 20.6 Å². The van der Waals surface area contributed by atoms with Gasteiger partial charge in [0.2, 0.25) is 5.91 Å². The lowest BCUT2D eigenvalue weighted by Crippen LogP contribution is -2.52. The Bertz CT molecular complexity index is 1610. The maximum Gasteiger partial charge on any atom is 0.326 e. The van der Waals surface area contributed by atoms with Gasteiger partial charge in [0, 0.05) is 30.0 Å². The Morgan fingerprint density at radius 2 is 1.52 bits per heavy atom. The van der Waals surface area contributed by atoms with Gasteiger partial charge < -0.3 is 20.6 Å². The number of piperidine rings is 1. The molecular weight excluding hydrogens is 671 g/mol. The normalized spacial score (nSPS) is 19.6. The third-order valence-electron chi connectivity index (χ3n) is 11.0. The van der Waals surface area contributed by atoms with Crippen LogP contribution in [0.5, 0.6) is 0 Å². The number of rotatable bonds is 14. The molecule has 1 aliphatic carbocycles. The maximum absolute atomic E-state index is 13.5. The lowest BCUT2D eigenvalue weighted by molar-refractivity contribution is -0.142. The number of benzene rings is 1. The van der Waals surface area contributed by atoms with E-state index in [4.69, 9.17) is 9.97 Å². The summed E-state index contributed by atoms with van der Waals surface area (Å²) < 4.78 is 0. The molecule has 3 heterocycles. The number of carboxylic acids is 1. The molecular formula is C42H59N5O4S. The second kappa shape index (κ2) is 17.8. The molecule has 1 saturated heterocycles. The van der Waals surface area contributed by atoms with Crippen molar-refractivity contribution in [3.63, 3.8) is 0 Å². The van der Waals surface area contributed by atoms with Crippen LogP contribution in [-0.2, 0) is 21.4 Å². The average molecular weight is 730 g/mol. The summed E-state index contributed by atoms with van der Waals surface area (Å²) in [6.45, 7) is 14.5. The Kier molecular flexibility index (Phi) is 13.5. The zero-order valence-corrected chi connectivity index (χ0v) is 32.8. The molecule has 10 heteroatoms. The van der Waals surface area contributed by atoms with E-state index in [2.05, 4.69) is 43.2 Å². The summed E-state index contributed by atoms with van der Waals surface area (Å²) >= 11 is 1.40. The number of nitrogens with one attached hydrogen (secondary N) is 2. The van der Waals surface area contributed by atoms with Crippen molar-refractivity contribution >= 4 is 34.8 Å². The summed E-state index contributed by atoms with van der Waals surface area (Å²) in [5, 5.41) is 15.3. The average Bonchev–Trinajstić information content (AvgIpc) is 3.64. The van der Waals surface area contributed by atoms with Gasteiger partial charge in [-0.15, -0.1) is 11.3 Å². The van der Waals surface area contributed by atoms with Gasteiger partial charge in [0.1, 0.15) is 12.1 Å². The van der Waals surface area contributed by atoms with E-state index < -0.39 is 24.0 Å². The van der Waals surface area contributed by atoms with E-state index in [1.807, 2.05) is 56.6 Å². The molecule has 1 aromatic carbocycles. The fraction of sp³-hybridized carbons (Fsp3) is 0.595. The van der Waals surface area contributed by atoms with Crippen LogP contribution >= 0.6 is 11.3 Å². The van der Waals surface area contributed by atoms with Crippen LogP contribution in [0.2, 0.25) is 0 Å². The fourth-order valence-electron chi connectivity index (χ4n) is 7.91. The van der Waals surface area contributed by atoms with Gasteiger partial charge in [-0.05, 0) is 78.9 Å². The van der Waals surface area contributed by atoms with Crippen LogP contribution in [0.15, 0.2) is 48.8 Å². The van der Waals surface area contributed by atoms with E-state index in [0.29, 0.717) is 10.7 Å². The van der Waals surface area contributed by atoms with Crippen molar-refractivity contribution in [3.05, 3.63) is 64.1 Å². The molecule has 1 saturated carbocycles. The Hall–Kier alpha value is -3.79. The molecule has 2 aromatic heterocycles. The number of hydrogen-bond donors (Lipinski definition) is 3. The first-order valence-electron chi connectivity index (χ1n) is 19.4. The molecule has 2 aliphatic rings. The third-order valence-corrected chi connectivity index (χ3v) is 12.5. The molecule has 0 spiro atoms. The first kappa shape index (κ1) is 39.4. The highest BCUT2D eigenvalue weighted by molar-refractivity contribution is 7.14. The first-order chi connectivity index (χ1) is 24.8. The predicted molar refractivity (Wildman–Crippen MR) is 210 cm³/mol. The highest BCUT2D eigenvalue weighted by atomic mass is 32.1. The molecule has 2 atom stereocenters. The Labute approximate surface area is 314 Å². The summed E-state index contributed by atoms with van der Waals surface area (Å²) in [6, 6.07) is 9.36. The summed E-state index contributed by atoms with van der Waals surface area (Å²) in [4.78, 5) is 52.3. The van der Waals surface area contributed by atoms with E-state index in [1.165, 1.54) is 62.7 Å². The van der Waals surface area contributed by atoms with Crippen molar-refractivity contribution < 1.29 is 19.5 Å². The smallest absolute Gasteiger partial charge is 0.326 e. The number of nitrogens with zero attached hydrogens (tertiary/aromatic N) is 3. The Morgan fingerprint density at radius 3 is 2.08 bits per heavy atom. The lowest BCUT2D eigenvalue weighted by Gasteiger charge is -2.39. The van der Waals surface area contributed by atoms with Crippen molar-refractivity contribution in [1.29, 1.82) is 0 Å². The summed E-state index contributed by atoms with van der Waals surface area (Å²) in [5.74, 6) is 1.40. The van der Waals surface area contributed by atoms with Gasteiger partial charge in [-0.1, -0.05) is 91.5 Å². The van der Waals surface area contributed by atoms with Crippen LogP contribution in [-0.4, -0.2) is 58.0 Å². The van der Waals surface area contributed by atoms with Gasteiger partial charge in [0.15, 0.2) is 5.82 Å². The van der Waals surface area contributed by atoms with E-state index in [0.717, 1.165) is 52.5 Å². The third kappa shape index (κ3) is 10.6. The minimum Gasteiger partial charge on any atom is -0.480 e. The Morgan fingerprint density at radius 1 is 0.885 bits per heavy atom. The second-order valence-electron chi connectivity index (χ2n) is 16.5. The maximum atomic E-state index is 13.5. The van der Waals surface area contributed by atoms with Gasteiger partial charge in [-0.2, -0.15) is 0 Å². The highest BCUT2D eigenvalue weighted by Crippen LogP contribution is 2.39. The number of aliphatic carboxylic acids is 1. The standard InChI is InChI=1S/C42H59N5O4S/c1-7-8-28-9-13-30(14-10-28)31-19-21-47(22-20-31)33-25-43-38(44-26-33)32-15-11-29(12-16-32)24-34(39(48)46-35(41(50)51)23-27(2)3)45-40(49)36-17-18-37(52-36)42(4,5)6/h11-12,15-18,25-28,30-31,34-35H,7-10,13-14,19-24H2,1-6H3,(H,45,49)(H,46,48)(H,50,51)/t28-,30-,34-,35+/m0/s1. The van der Waals surface area contributed by atoms with E-state index >= 15 is 0 Å². The number of carboxylic acid groups (broad SMARTS) is 1. The van der Waals surface area contributed by atoms with Gasteiger partial charge >= 0.3 is 5.97 Å². The van der Waals surface area contributed by atoms with Crippen molar-refractivity contribution in [2.45, 2.75) is 123 Å². The van der Waals surface area contributed by atoms with E-state index in [9.17, 15) is 19.5 Å². The molecule has 2 amide bonds. The number of carbonyl (C=O) groups excluding carboxylic acids is 2. The van der Waals surface area contributed by atoms with Crippen molar-refractivity contribution in [2.75, 3.05) is 18.0 Å². The molecule has 3 N–H and O–H groups in total. The zero-order valence-electron chi connectivity index (χ0n) is 32.0. The minimum atomic E-state index is -1.10.